The molecule has 0 spiro atoms. The molecule has 0 bridgehead atoms. The molecule has 0 aliphatic heterocycles. The molecule has 0 saturated heterocycles. The number of rotatable bonds is 6. The number of hydrogen-bond donors (Lipinski definition) is 1. The fraction of sp³-hybridized carbons (Fsp3) is 0.375. The predicted octanol–water partition coefficient (Wildman–Crippen LogP) is 4.15. The van der Waals surface area contributed by atoms with Crippen LogP contribution >= 0.6 is 23.2 Å². The molecule has 2 aromatic rings. The highest BCUT2D eigenvalue weighted by Crippen LogP contribution is 2.33. The zero-order chi connectivity index (χ0) is 17.1. The average molecular weight is 356 g/mol. The van der Waals surface area contributed by atoms with Crippen LogP contribution in [-0.4, -0.2) is 15.7 Å². The first-order valence-electron chi connectivity index (χ1n) is 7.34. The Bertz CT molecular complexity index is 706. The first-order valence-corrected chi connectivity index (χ1v) is 8.09. The van der Waals surface area contributed by atoms with Crippen LogP contribution in [0.15, 0.2) is 18.2 Å². The van der Waals surface area contributed by atoms with E-state index < -0.39 is 5.91 Å². The normalized spacial score (nSPS) is 11.0. The molecule has 0 atom stereocenters. The molecule has 0 unspecified atom stereocenters. The summed E-state index contributed by atoms with van der Waals surface area (Å²) in [6, 6.07) is 5.05. The first kappa shape index (κ1) is 17.6. The average Bonchev–Trinajstić information content (AvgIpc) is 2.74. The van der Waals surface area contributed by atoms with Crippen molar-refractivity contribution in [2.24, 2.45) is 5.73 Å². The number of primary amides is 1. The summed E-state index contributed by atoms with van der Waals surface area (Å²) in [6.45, 7) is 5.95. The second-order valence-electron chi connectivity index (χ2n) is 5.47. The summed E-state index contributed by atoms with van der Waals surface area (Å²) in [5, 5.41) is 5.46. The van der Waals surface area contributed by atoms with Gasteiger partial charge in [-0.2, -0.15) is 5.10 Å². The highest BCUT2D eigenvalue weighted by molar-refractivity contribution is 6.34. The molecule has 1 aromatic carbocycles. The van der Waals surface area contributed by atoms with Crippen LogP contribution in [0.5, 0.6) is 11.6 Å². The van der Waals surface area contributed by atoms with E-state index in [1.165, 1.54) is 0 Å². The Hall–Kier alpha value is -1.72. The van der Waals surface area contributed by atoms with Crippen LogP contribution in [0.2, 0.25) is 10.0 Å². The van der Waals surface area contributed by atoms with Gasteiger partial charge in [-0.15, -0.1) is 0 Å². The minimum Gasteiger partial charge on any atom is -0.439 e. The van der Waals surface area contributed by atoms with Crippen LogP contribution in [0.4, 0.5) is 0 Å². The lowest BCUT2D eigenvalue weighted by atomic mass is 10.1. The summed E-state index contributed by atoms with van der Waals surface area (Å²) in [6.07, 6.45) is 0.745. The fourth-order valence-corrected chi connectivity index (χ4v) is 2.82. The lowest BCUT2D eigenvalue weighted by molar-refractivity contribution is -0.117. The zero-order valence-corrected chi connectivity index (χ0v) is 14.8. The van der Waals surface area contributed by atoms with E-state index in [4.69, 9.17) is 33.7 Å². The van der Waals surface area contributed by atoms with Crippen molar-refractivity contribution < 1.29 is 9.53 Å². The number of carbonyl (C=O) groups excluding carboxylic acids is 1. The summed E-state index contributed by atoms with van der Waals surface area (Å²) in [7, 11) is 0. The van der Waals surface area contributed by atoms with Crippen molar-refractivity contribution in [2.45, 2.75) is 39.7 Å². The number of amides is 1. The van der Waals surface area contributed by atoms with Gasteiger partial charge >= 0.3 is 0 Å². The summed E-state index contributed by atoms with van der Waals surface area (Å²) in [5.41, 5.74) is 6.80. The largest absolute Gasteiger partial charge is 0.439 e. The fourth-order valence-electron chi connectivity index (χ4n) is 2.32. The number of nitrogens with two attached hydrogens (primary N) is 1. The number of nitrogens with zero attached hydrogens (tertiary/aromatic N) is 2. The molecule has 2 rings (SSSR count). The van der Waals surface area contributed by atoms with Crippen LogP contribution in [0, 0.1) is 0 Å². The van der Waals surface area contributed by atoms with Gasteiger partial charge in [0.15, 0.2) is 0 Å². The van der Waals surface area contributed by atoms with Gasteiger partial charge in [-0.05, 0) is 38.5 Å². The van der Waals surface area contributed by atoms with Crippen molar-refractivity contribution in [1.29, 1.82) is 0 Å². The monoisotopic (exact) mass is 355 g/mol. The molecule has 0 aliphatic carbocycles. The maximum absolute atomic E-state index is 11.3. The third kappa shape index (κ3) is 4.18. The number of benzene rings is 1. The lowest BCUT2D eigenvalue weighted by Gasteiger charge is -2.13. The summed E-state index contributed by atoms with van der Waals surface area (Å²) in [5.74, 6) is 0.673. The van der Waals surface area contributed by atoms with Gasteiger partial charge in [0.25, 0.3) is 0 Å². The van der Waals surface area contributed by atoms with Crippen LogP contribution in [0.3, 0.4) is 0 Å². The van der Waals surface area contributed by atoms with Crippen LogP contribution in [-0.2, 0) is 17.6 Å². The maximum Gasteiger partial charge on any atom is 0.223 e. The Morgan fingerprint density at radius 1 is 1.30 bits per heavy atom. The quantitative estimate of drug-likeness (QED) is 0.845. The molecule has 5 nitrogen and oxygen atoms in total. The molecule has 1 amide bonds. The van der Waals surface area contributed by atoms with Crippen molar-refractivity contribution in [3.05, 3.63) is 39.5 Å². The highest BCUT2D eigenvalue weighted by atomic mass is 35.5. The van der Waals surface area contributed by atoms with Gasteiger partial charge in [0, 0.05) is 15.6 Å². The Morgan fingerprint density at radius 2 is 1.91 bits per heavy atom. The zero-order valence-electron chi connectivity index (χ0n) is 13.3. The number of aromatic nitrogens is 2. The molecule has 0 radical (unpaired) electrons. The van der Waals surface area contributed by atoms with Crippen LogP contribution < -0.4 is 10.5 Å². The van der Waals surface area contributed by atoms with Gasteiger partial charge in [0.05, 0.1) is 18.2 Å². The van der Waals surface area contributed by atoms with E-state index in [-0.39, 0.29) is 12.5 Å². The first-order chi connectivity index (χ1) is 10.8. The summed E-state index contributed by atoms with van der Waals surface area (Å²) in [4.78, 5) is 11.3. The molecule has 0 fully saturated rings. The number of halogens is 2. The minimum atomic E-state index is -0.426. The van der Waals surface area contributed by atoms with Gasteiger partial charge in [0.2, 0.25) is 11.8 Å². The van der Waals surface area contributed by atoms with Crippen molar-refractivity contribution >= 4 is 29.1 Å². The second-order valence-corrected chi connectivity index (χ2v) is 6.35. The van der Waals surface area contributed by atoms with E-state index in [2.05, 4.69) is 5.10 Å². The Balaban J connectivity index is 2.50. The van der Waals surface area contributed by atoms with Gasteiger partial charge in [-0.1, -0.05) is 30.1 Å². The summed E-state index contributed by atoms with van der Waals surface area (Å²) < 4.78 is 7.74. The SMILES string of the molecule is CCc1c(CC(N)=O)nn(C(C)C)c1Oc1cc(Cl)cc(Cl)c1. The molecule has 7 heteroatoms. The molecule has 1 aromatic heterocycles. The number of carbonyl (C=O) groups is 1. The van der Waals surface area contributed by atoms with Gasteiger partial charge in [-0.25, -0.2) is 4.68 Å². The molecule has 0 saturated carbocycles. The molecule has 124 valence electrons. The predicted molar refractivity (Wildman–Crippen MR) is 91.4 cm³/mol. The summed E-state index contributed by atoms with van der Waals surface area (Å²) >= 11 is 12.0. The lowest BCUT2D eigenvalue weighted by Crippen LogP contribution is -2.15. The maximum atomic E-state index is 11.3. The third-order valence-corrected chi connectivity index (χ3v) is 3.71. The van der Waals surface area contributed by atoms with E-state index in [0.717, 1.165) is 5.56 Å². The van der Waals surface area contributed by atoms with Gasteiger partial charge in [0.1, 0.15) is 5.75 Å². The number of hydrogen-bond acceptors (Lipinski definition) is 3. The standard InChI is InChI=1S/C16H19Cl2N3O2/c1-4-13-14(8-15(19)22)20-21(9(2)3)16(13)23-12-6-10(17)5-11(18)7-12/h5-7,9H,4,8H2,1-3H3,(H2,19,22). The van der Waals surface area contributed by atoms with E-state index in [1.54, 1.807) is 22.9 Å². The Morgan fingerprint density at radius 3 is 2.39 bits per heavy atom. The van der Waals surface area contributed by atoms with Crippen LogP contribution in [0.25, 0.3) is 0 Å². The smallest absolute Gasteiger partial charge is 0.223 e. The second kappa shape index (κ2) is 7.23. The third-order valence-electron chi connectivity index (χ3n) is 3.28. The van der Waals surface area contributed by atoms with E-state index >= 15 is 0 Å². The molecule has 2 N–H and O–H groups in total. The van der Waals surface area contributed by atoms with Crippen molar-refractivity contribution in [2.75, 3.05) is 0 Å². The van der Waals surface area contributed by atoms with E-state index in [9.17, 15) is 4.79 Å². The van der Waals surface area contributed by atoms with Crippen molar-refractivity contribution in [3.8, 4) is 11.6 Å². The molecular weight excluding hydrogens is 337 g/mol. The molecule has 23 heavy (non-hydrogen) atoms. The van der Waals surface area contributed by atoms with Crippen molar-refractivity contribution in [1.82, 2.24) is 9.78 Å². The van der Waals surface area contributed by atoms with Crippen LogP contribution in [0.1, 0.15) is 38.1 Å². The van der Waals surface area contributed by atoms with Gasteiger partial charge in [-0.3, -0.25) is 4.79 Å². The number of ether oxygens (including phenoxy) is 1. The molecule has 1 heterocycles. The van der Waals surface area contributed by atoms with Crippen molar-refractivity contribution in [3.63, 3.8) is 0 Å². The van der Waals surface area contributed by atoms with E-state index in [0.29, 0.717) is 33.8 Å². The highest BCUT2D eigenvalue weighted by Gasteiger charge is 2.21. The Kier molecular flexibility index (Phi) is 5.55. The Labute approximate surface area is 145 Å². The minimum absolute atomic E-state index is 0.0617. The van der Waals surface area contributed by atoms with Gasteiger partial charge < -0.3 is 10.5 Å². The topological polar surface area (TPSA) is 70.1 Å². The molecular formula is C16H19Cl2N3O2. The molecule has 0 aliphatic rings. The van der Waals surface area contributed by atoms with E-state index in [1.807, 2.05) is 20.8 Å².